The van der Waals surface area contributed by atoms with Crippen LogP contribution in [-0.2, 0) is 9.53 Å². The smallest absolute Gasteiger partial charge is 0.358 e. The minimum Gasteiger partial charge on any atom is -0.448 e. The van der Waals surface area contributed by atoms with Gasteiger partial charge < -0.3 is 10.1 Å². The Morgan fingerprint density at radius 3 is 2.64 bits per heavy atom. The van der Waals surface area contributed by atoms with Crippen LogP contribution in [0.1, 0.15) is 38.2 Å². The molecule has 0 spiro atoms. The number of amides is 1. The number of carbonyl (C=O) groups is 2. The van der Waals surface area contributed by atoms with E-state index in [9.17, 15) is 14.9 Å². The number of nitrogens with zero attached hydrogens (tertiary/aromatic N) is 2. The summed E-state index contributed by atoms with van der Waals surface area (Å²) in [6, 6.07) is 4.01. The van der Waals surface area contributed by atoms with Crippen LogP contribution >= 0.6 is 22.7 Å². The van der Waals surface area contributed by atoms with Gasteiger partial charge in [-0.2, -0.15) is 16.6 Å². The summed E-state index contributed by atoms with van der Waals surface area (Å²) in [6.45, 7) is 6.78. The number of nitrogens with one attached hydrogen (secondary N) is 1. The zero-order valence-corrected chi connectivity index (χ0v) is 16.0. The van der Waals surface area contributed by atoms with Crippen molar-refractivity contribution in [3.63, 3.8) is 0 Å². The van der Waals surface area contributed by atoms with Gasteiger partial charge in [-0.05, 0) is 31.2 Å². The van der Waals surface area contributed by atoms with Crippen LogP contribution in [0.4, 0.5) is 0 Å². The summed E-state index contributed by atoms with van der Waals surface area (Å²) in [7, 11) is 0. The van der Waals surface area contributed by atoms with Gasteiger partial charge in [0.15, 0.2) is 11.8 Å². The molecule has 0 aliphatic rings. The molecule has 0 aliphatic carbocycles. The average molecular weight is 377 g/mol. The van der Waals surface area contributed by atoms with Crippen LogP contribution in [-0.4, -0.2) is 28.5 Å². The fourth-order valence-corrected chi connectivity index (χ4v) is 3.32. The van der Waals surface area contributed by atoms with Crippen LogP contribution in [0.25, 0.3) is 10.6 Å². The molecule has 0 saturated heterocycles. The third-order valence-corrected chi connectivity index (χ3v) is 5.48. The van der Waals surface area contributed by atoms with Crippen molar-refractivity contribution in [1.29, 1.82) is 5.26 Å². The molecule has 2 unspecified atom stereocenters. The maximum atomic E-state index is 12.2. The first-order chi connectivity index (χ1) is 11.8. The Bertz CT molecular complexity index is 792. The van der Waals surface area contributed by atoms with E-state index in [2.05, 4.69) is 16.4 Å². The number of ether oxygens (including phenoxy) is 1. The summed E-state index contributed by atoms with van der Waals surface area (Å²) in [5, 5.41) is 18.1. The number of nitriles is 1. The number of hydrogen-bond donors (Lipinski definition) is 1. The lowest BCUT2D eigenvalue weighted by Crippen LogP contribution is -2.52. The van der Waals surface area contributed by atoms with Gasteiger partial charge >= 0.3 is 5.97 Å². The maximum Gasteiger partial charge on any atom is 0.358 e. The second kappa shape index (κ2) is 7.76. The number of carbonyl (C=O) groups excluding carboxylic acids is 2. The van der Waals surface area contributed by atoms with Crippen molar-refractivity contribution in [1.82, 2.24) is 10.3 Å². The van der Waals surface area contributed by atoms with Gasteiger partial charge in [0, 0.05) is 16.3 Å². The van der Waals surface area contributed by atoms with E-state index in [1.165, 1.54) is 18.3 Å². The Morgan fingerprint density at radius 2 is 2.08 bits per heavy atom. The highest BCUT2D eigenvalue weighted by molar-refractivity contribution is 7.14. The molecule has 2 aromatic rings. The minimum atomic E-state index is -1.02. The molecule has 1 amide bonds. The molecule has 132 valence electrons. The van der Waals surface area contributed by atoms with E-state index in [0.29, 0.717) is 0 Å². The van der Waals surface area contributed by atoms with Crippen LogP contribution < -0.4 is 5.32 Å². The van der Waals surface area contributed by atoms with Crippen molar-refractivity contribution in [3.8, 4) is 16.6 Å². The maximum absolute atomic E-state index is 12.2. The Morgan fingerprint density at radius 1 is 1.36 bits per heavy atom. The molecule has 0 radical (unpaired) electrons. The predicted molar refractivity (Wildman–Crippen MR) is 97.3 cm³/mol. The van der Waals surface area contributed by atoms with E-state index < -0.39 is 23.5 Å². The SMILES string of the molecule is CC(OC(=O)c1csc(-c2ccsc2)n1)C(=O)NC(C)(C#N)C(C)C. The van der Waals surface area contributed by atoms with E-state index >= 15 is 0 Å². The summed E-state index contributed by atoms with van der Waals surface area (Å²) in [6.07, 6.45) is -1.02. The van der Waals surface area contributed by atoms with Crippen molar-refractivity contribution in [2.45, 2.75) is 39.3 Å². The number of esters is 1. The fourth-order valence-electron chi connectivity index (χ4n) is 1.82. The van der Waals surface area contributed by atoms with Gasteiger partial charge in [-0.1, -0.05) is 13.8 Å². The monoisotopic (exact) mass is 377 g/mol. The molecule has 0 fully saturated rings. The highest BCUT2D eigenvalue weighted by Gasteiger charge is 2.32. The van der Waals surface area contributed by atoms with Crippen LogP contribution in [0.3, 0.4) is 0 Å². The molecule has 0 aromatic carbocycles. The van der Waals surface area contributed by atoms with E-state index in [1.54, 1.807) is 23.6 Å². The van der Waals surface area contributed by atoms with E-state index in [4.69, 9.17) is 4.74 Å². The second-order valence-electron chi connectivity index (χ2n) is 6.06. The molecule has 1 N–H and O–H groups in total. The van der Waals surface area contributed by atoms with E-state index in [0.717, 1.165) is 10.6 Å². The molecule has 6 nitrogen and oxygen atoms in total. The molecule has 25 heavy (non-hydrogen) atoms. The van der Waals surface area contributed by atoms with Gasteiger partial charge in [0.25, 0.3) is 5.91 Å². The van der Waals surface area contributed by atoms with Crippen molar-refractivity contribution in [2.24, 2.45) is 5.92 Å². The van der Waals surface area contributed by atoms with Gasteiger partial charge in [-0.25, -0.2) is 9.78 Å². The van der Waals surface area contributed by atoms with Crippen molar-refractivity contribution in [3.05, 3.63) is 27.9 Å². The number of thiazole rings is 1. The first-order valence-electron chi connectivity index (χ1n) is 7.69. The van der Waals surface area contributed by atoms with Crippen LogP contribution in [0.5, 0.6) is 0 Å². The number of thiophene rings is 1. The summed E-state index contributed by atoms with van der Waals surface area (Å²) in [4.78, 5) is 28.7. The molecular weight excluding hydrogens is 358 g/mol. The molecule has 2 rings (SSSR count). The molecule has 0 saturated carbocycles. The Labute approximate surface area is 154 Å². The summed E-state index contributed by atoms with van der Waals surface area (Å²) in [5.74, 6) is -1.26. The average Bonchev–Trinajstić information content (AvgIpc) is 3.25. The fraction of sp³-hybridized carbons (Fsp3) is 0.412. The minimum absolute atomic E-state index is 0.0870. The van der Waals surface area contributed by atoms with Crippen molar-refractivity contribution in [2.75, 3.05) is 0 Å². The molecule has 2 aromatic heterocycles. The summed E-state index contributed by atoms with van der Waals surface area (Å²) in [5.41, 5.74) is 0.0872. The lowest BCUT2D eigenvalue weighted by atomic mass is 9.90. The van der Waals surface area contributed by atoms with Gasteiger partial charge in [0.2, 0.25) is 0 Å². The predicted octanol–water partition coefficient (Wildman–Crippen LogP) is 3.47. The molecule has 8 heteroatoms. The molecular formula is C17H19N3O3S2. The van der Waals surface area contributed by atoms with Gasteiger partial charge in [-0.3, -0.25) is 4.79 Å². The van der Waals surface area contributed by atoms with Crippen molar-refractivity contribution < 1.29 is 14.3 Å². The lowest BCUT2D eigenvalue weighted by molar-refractivity contribution is -0.130. The first kappa shape index (κ1) is 19.1. The summed E-state index contributed by atoms with van der Waals surface area (Å²) < 4.78 is 5.19. The zero-order chi connectivity index (χ0) is 18.6. The highest BCUT2D eigenvalue weighted by atomic mass is 32.1. The molecule has 0 aliphatic heterocycles. The van der Waals surface area contributed by atoms with Crippen LogP contribution in [0, 0.1) is 17.2 Å². The van der Waals surface area contributed by atoms with E-state index in [-0.39, 0.29) is 11.6 Å². The largest absolute Gasteiger partial charge is 0.448 e. The number of hydrogen-bond acceptors (Lipinski definition) is 7. The number of aromatic nitrogens is 1. The second-order valence-corrected chi connectivity index (χ2v) is 7.69. The first-order valence-corrected chi connectivity index (χ1v) is 9.51. The molecule has 0 bridgehead atoms. The third-order valence-electron chi connectivity index (χ3n) is 3.90. The number of rotatable bonds is 6. The van der Waals surface area contributed by atoms with Gasteiger partial charge in [-0.15, -0.1) is 11.3 Å². The molecule has 2 atom stereocenters. The Hall–Kier alpha value is -2.24. The van der Waals surface area contributed by atoms with Gasteiger partial charge in [0.1, 0.15) is 10.5 Å². The lowest BCUT2D eigenvalue weighted by Gasteiger charge is -2.28. The molecule has 2 heterocycles. The van der Waals surface area contributed by atoms with Crippen LogP contribution in [0.15, 0.2) is 22.2 Å². The normalized spacial score (nSPS) is 14.4. The Kier molecular flexibility index (Phi) is 5.93. The topological polar surface area (TPSA) is 92.1 Å². The quantitative estimate of drug-likeness (QED) is 0.778. The Balaban J connectivity index is 2.00. The standard InChI is InChI=1S/C17H19N3O3S2/c1-10(2)17(4,9-18)20-14(21)11(3)23-16(22)13-8-25-15(19-13)12-5-6-24-7-12/h5-8,10-11H,1-4H3,(H,20,21). The zero-order valence-electron chi connectivity index (χ0n) is 14.4. The third kappa shape index (κ3) is 4.44. The highest BCUT2D eigenvalue weighted by Crippen LogP contribution is 2.26. The van der Waals surface area contributed by atoms with Crippen molar-refractivity contribution >= 4 is 34.6 Å². The van der Waals surface area contributed by atoms with Crippen LogP contribution in [0.2, 0.25) is 0 Å². The summed E-state index contributed by atoms with van der Waals surface area (Å²) >= 11 is 2.89. The van der Waals surface area contributed by atoms with E-state index in [1.807, 2.05) is 30.7 Å². The van der Waals surface area contributed by atoms with Gasteiger partial charge in [0.05, 0.1) is 6.07 Å².